The van der Waals surface area contributed by atoms with Crippen LogP contribution < -0.4 is 5.32 Å². The summed E-state index contributed by atoms with van der Waals surface area (Å²) in [6, 6.07) is 6.47. The number of halogens is 1. The Kier molecular flexibility index (Phi) is 3.12. The van der Waals surface area contributed by atoms with E-state index in [1.54, 1.807) is 0 Å². The van der Waals surface area contributed by atoms with E-state index in [1.807, 2.05) is 19.2 Å². The van der Waals surface area contributed by atoms with Gasteiger partial charge in [0.1, 0.15) is 0 Å². The minimum atomic E-state index is 0.363. The van der Waals surface area contributed by atoms with Crippen LogP contribution in [-0.2, 0) is 0 Å². The van der Waals surface area contributed by atoms with E-state index >= 15 is 0 Å². The van der Waals surface area contributed by atoms with Crippen LogP contribution in [0.3, 0.4) is 0 Å². The normalized spacial score (nSPS) is 13.0. The second-order valence-electron chi connectivity index (χ2n) is 3.07. The molecule has 0 aliphatic heterocycles. The largest absolute Gasteiger partial charge is 0.313 e. The summed E-state index contributed by atoms with van der Waals surface area (Å²) in [6.45, 7) is 4.17. The Bertz CT molecular complexity index is 250. The highest BCUT2D eigenvalue weighted by molar-refractivity contribution is 6.30. The highest BCUT2D eigenvalue weighted by atomic mass is 35.5. The second-order valence-corrected chi connectivity index (χ2v) is 3.51. The Morgan fingerprint density at radius 3 is 2.50 bits per heavy atom. The van der Waals surface area contributed by atoms with Gasteiger partial charge in [0.05, 0.1) is 0 Å². The molecule has 1 rings (SSSR count). The first kappa shape index (κ1) is 9.56. The summed E-state index contributed by atoms with van der Waals surface area (Å²) < 4.78 is 0. The SMILES string of the molecule is CNC(C)c1cc(C)cc(Cl)c1. The monoisotopic (exact) mass is 183 g/mol. The van der Waals surface area contributed by atoms with Crippen molar-refractivity contribution in [2.75, 3.05) is 7.05 Å². The molecule has 1 N–H and O–H groups in total. The van der Waals surface area contributed by atoms with Crippen LogP contribution in [0.4, 0.5) is 0 Å². The van der Waals surface area contributed by atoms with Crippen molar-refractivity contribution in [3.05, 3.63) is 34.3 Å². The Labute approximate surface area is 78.7 Å². The van der Waals surface area contributed by atoms with E-state index in [2.05, 4.69) is 25.2 Å². The lowest BCUT2D eigenvalue weighted by molar-refractivity contribution is 0.652. The molecular formula is C10H14ClN. The lowest BCUT2D eigenvalue weighted by atomic mass is 10.1. The summed E-state index contributed by atoms with van der Waals surface area (Å²) in [5.74, 6) is 0. The van der Waals surface area contributed by atoms with Crippen molar-refractivity contribution < 1.29 is 0 Å². The average Bonchev–Trinajstić information content (AvgIpc) is 2.01. The van der Waals surface area contributed by atoms with Gasteiger partial charge in [0.25, 0.3) is 0 Å². The summed E-state index contributed by atoms with van der Waals surface area (Å²) in [6.07, 6.45) is 0. The molecular weight excluding hydrogens is 170 g/mol. The molecule has 0 amide bonds. The van der Waals surface area contributed by atoms with Crippen LogP contribution in [0.2, 0.25) is 5.02 Å². The fourth-order valence-electron chi connectivity index (χ4n) is 1.18. The van der Waals surface area contributed by atoms with E-state index in [1.165, 1.54) is 11.1 Å². The van der Waals surface area contributed by atoms with Gasteiger partial charge in [0.2, 0.25) is 0 Å². The van der Waals surface area contributed by atoms with Gasteiger partial charge >= 0.3 is 0 Å². The van der Waals surface area contributed by atoms with Crippen molar-refractivity contribution in [3.63, 3.8) is 0 Å². The molecule has 0 saturated carbocycles. The van der Waals surface area contributed by atoms with Crippen LogP contribution in [-0.4, -0.2) is 7.05 Å². The predicted molar refractivity (Wildman–Crippen MR) is 53.7 cm³/mol. The van der Waals surface area contributed by atoms with Crippen LogP contribution in [0.5, 0.6) is 0 Å². The summed E-state index contributed by atoms with van der Waals surface area (Å²) in [5, 5.41) is 3.99. The van der Waals surface area contributed by atoms with Crippen LogP contribution in [0, 0.1) is 6.92 Å². The van der Waals surface area contributed by atoms with Crippen LogP contribution >= 0.6 is 11.6 Å². The van der Waals surface area contributed by atoms with Gasteiger partial charge in [-0.1, -0.05) is 17.7 Å². The maximum absolute atomic E-state index is 5.92. The van der Waals surface area contributed by atoms with Crippen LogP contribution in [0.25, 0.3) is 0 Å². The van der Waals surface area contributed by atoms with Gasteiger partial charge < -0.3 is 5.32 Å². The van der Waals surface area contributed by atoms with E-state index in [4.69, 9.17) is 11.6 Å². The molecule has 0 spiro atoms. The molecule has 12 heavy (non-hydrogen) atoms. The van der Waals surface area contributed by atoms with Crippen LogP contribution in [0.1, 0.15) is 24.1 Å². The molecule has 0 heterocycles. The van der Waals surface area contributed by atoms with Crippen molar-refractivity contribution in [2.24, 2.45) is 0 Å². The molecule has 0 aliphatic rings. The molecule has 1 aromatic carbocycles. The van der Waals surface area contributed by atoms with Gasteiger partial charge in [-0.3, -0.25) is 0 Å². The van der Waals surface area contributed by atoms with Gasteiger partial charge in [-0.15, -0.1) is 0 Å². The third-order valence-electron chi connectivity index (χ3n) is 2.00. The lowest BCUT2D eigenvalue weighted by Gasteiger charge is -2.11. The van der Waals surface area contributed by atoms with Crippen molar-refractivity contribution in [1.29, 1.82) is 0 Å². The Morgan fingerprint density at radius 1 is 1.33 bits per heavy atom. The van der Waals surface area contributed by atoms with E-state index in [9.17, 15) is 0 Å². The van der Waals surface area contributed by atoms with E-state index in [0.29, 0.717) is 6.04 Å². The zero-order valence-electron chi connectivity index (χ0n) is 7.69. The van der Waals surface area contributed by atoms with Gasteiger partial charge in [-0.2, -0.15) is 0 Å². The van der Waals surface area contributed by atoms with Crippen LogP contribution in [0.15, 0.2) is 18.2 Å². The average molecular weight is 184 g/mol. The fourth-order valence-corrected chi connectivity index (χ4v) is 1.48. The summed E-state index contributed by atoms with van der Waals surface area (Å²) >= 11 is 5.92. The summed E-state index contributed by atoms with van der Waals surface area (Å²) in [5.41, 5.74) is 2.45. The standard InChI is InChI=1S/C10H14ClN/c1-7-4-9(8(2)12-3)6-10(11)5-7/h4-6,8,12H,1-3H3. The van der Waals surface area contributed by atoms with E-state index < -0.39 is 0 Å². The first-order valence-electron chi connectivity index (χ1n) is 4.08. The third kappa shape index (κ3) is 2.23. The number of rotatable bonds is 2. The lowest BCUT2D eigenvalue weighted by Crippen LogP contribution is -2.12. The molecule has 1 unspecified atom stereocenters. The third-order valence-corrected chi connectivity index (χ3v) is 2.22. The van der Waals surface area contributed by atoms with E-state index in [-0.39, 0.29) is 0 Å². The molecule has 0 saturated heterocycles. The molecule has 0 radical (unpaired) electrons. The zero-order valence-corrected chi connectivity index (χ0v) is 8.44. The van der Waals surface area contributed by atoms with Crippen molar-refractivity contribution in [1.82, 2.24) is 5.32 Å². The highest BCUT2D eigenvalue weighted by Crippen LogP contribution is 2.19. The molecule has 0 fully saturated rings. The molecule has 2 heteroatoms. The Morgan fingerprint density at radius 2 is 2.00 bits per heavy atom. The summed E-state index contributed by atoms with van der Waals surface area (Å²) in [4.78, 5) is 0. The number of aryl methyl sites for hydroxylation is 1. The molecule has 1 aromatic rings. The molecule has 1 atom stereocenters. The molecule has 1 nitrogen and oxygen atoms in total. The number of hydrogen-bond donors (Lipinski definition) is 1. The zero-order chi connectivity index (χ0) is 9.14. The first-order valence-corrected chi connectivity index (χ1v) is 4.45. The van der Waals surface area contributed by atoms with Crippen molar-refractivity contribution in [2.45, 2.75) is 19.9 Å². The summed E-state index contributed by atoms with van der Waals surface area (Å²) in [7, 11) is 1.95. The molecule has 0 aliphatic carbocycles. The minimum Gasteiger partial charge on any atom is -0.313 e. The molecule has 0 aromatic heterocycles. The minimum absolute atomic E-state index is 0.363. The Hall–Kier alpha value is -0.530. The topological polar surface area (TPSA) is 12.0 Å². The number of hydrogen-bond acceptors (Lipinski definition) is 1. The van der Waals surface area contributed by atoms with Crippen molar-refractivity contribution >= 4 is 11.6 Å². The molecule has 66 valence electrons. The van der Waals surface area contributed by atoms with Gasteiger partial charge in [0.15, 0.2) is 0 Å². The van der Waals surface area contributed by atoms with Crippen molar-refractivity contribution in [3.8, 4) is 0 Å². The Balaban J connectivity index is 3.00. The number of benzene rings is 1. The first-order chi connectivity index (χ1) is 5.63. The number of nitrogens with one attached hydrogen (secondary N) is 1. The predicted octanol–water partition coefficient (Wildman–Crippen LogP) is 2.93. The highest BCUT2D eigenvalue weighted by Gasteiger charge is 2.03. The maximum Gasteiger partial charge on any atom is 0.0411 e. The van der Waals surface area contributed by atoms with Gasteiger partial charge in [-0.05, 0) is 44.2 Å². The van der Waals surface area contributed by atoms with Gasteiger partial charge in [-0.25, -0.2) is 0 Å². The van der Waals surface area contributed by atoms with E-state index in [0.717, 1.165) is 5.02 Å². The fraction of sp³-hybridized carbons (Fsp3) is 0.400. The quantitative estimate of drug-likeness (QED) is 0.744. The van der Waals surface area contributed by atoms with Gasteiger partial charge in [0, 0.05) is 11.1 Å². The maximum atomic E-state index is 5.92. The second kappa shape index (κ2) is 3.92. The smallest absolute Gasteiger partial charge is 0.0411 e. The molecule has 0 bridgehead atoms.